The van der Waals surface area contributed by atoms with Crippen molar-refractivity contribution in [3.8, 4) is 0 Å². The minimum absolute atomic E-state index is 0.0538. The van der Waals surface area contributed by atoms with Crippen molar-refractivity contribution in [2.45, 2.75) is 13.8 Å². The predicted molar refractivity (Wildman–Crippen MR) is 61.6 cm³/mol. The van der Waals surface area contributed by atoms with Gasteiger partial charge < -0.3 is 4.90 Å². The summed E-state index contributed by atoms with van der Waals surface area (Å²) in [4.78, 5) is 13.3. The van der Waals surface area contributed by atoms with Crippen molar-refractivity contribution in [1.82, 2.24) is 4.90 Å². The van der Waals surface area contributed by atoms with Gasteiger partial charge in [0.1, 0.15) is 0 Å². The number of amides is 1. The Balaban J connectivity index is 3.22. The van der Waals surface area contributed by atoms with Gasteiger partial charge in [0.2, 0.25) is 0 Å². The van der Waals surface area contributed by atoms with Crippen LogP contribution in [0.2, 0.25) is 0 Å². The van der Waals surface area contributed by atoms with Gasteiger partial charge in [-0.2, -0.15) is 0 Å². The van der Waals surface area contributed by atoms with Crippen LogP contribution in [-0.2, 0) is 0 Å². The summed E-state index contributed by atoms with van der Waals surface area (Å²) >= 11 is 3.44. The Kier molecular flexibility index (Phi) is 3.32. The molecule has 0 aliphatic heterocycles. The SMILES string of the molecule is Cc1cc(C(=O)N(C)C)c(C)cc1Br. The topological polar surface area (TPSA) is 20.3 Å². The molecular weight excluding hydrogens is 242 g/mol. The maximum atomic E-state index is 11.7. The number of hydrogen-bond donors (Lipinski definition) is 0. The molecule has 14 heavy (non-hydrogen) atoms. The Morgan fingerprint density at radius 2 is 1.79 bits per heavy atom. The van der Waals surface area contributed by atoms with Crippen molar-refractivity contribution >= 4 is 21.8 Å². The Morgan fingerprint density at radius 3 is 2.29 bits per heavy atom. The highest BCUT2D eigenvalue weighted by molar-refractivity contribution is 9.10. The first-order chi connectivity index (χ1) is 6.43. The first kappa shape index (κ1) is 11.2. The van der Waals surface area contributed by atoms with Gasteiger partial charge in [-0.15, -0.1) is 0 Å². The number of carbonyl (C=O) groups excluding carboxylic acids is 1. The van der Waals surface area contributed by atoms with Crippen molar-refractivity contribution in [1.29, 1.82) is 0 Å². The van der Waals surface area contributed by atoms with E-state index in [1.807, 2.05) is 26.0 Å². The average molecular weight is 256 g/mol. The molecule has 0 unspecified atom stereocenters. The molecule has 0 bridgehead atoms. The number of nitrogens with zero attached hydrogens (tertiary/aromatic N) is 1. The quantitative estimate of drug-likeness (QED) is 0.756. The molecule has 0 N–H and O–H groups in total. The summed E-state index contributed by atoms with van der Waals surface area (Å²) in [7, 11) is 3.53. The van der Waals surface area contributed by atoms with Crippen LogP contribution in [0, 0.1) is 13.8 Å². The van der Waals surface area contributed by atoms with Gasteiger partial charge in [0.25, 0.3) is 5.91 Å². The van der Waals surface area contributed by atoms with Crippen molar-refractivity contribution in [3.63, 3.8) is 0 Å². The van der Waals surface area contributed by atoms with Gasteiger partial charge >= 0.3 is 0 Å². The Labute approximate surface area is 93.0 Å². The van der Waals surface area contributed by atoms with Crippen molar-refractivity contribution < 1.29 is 4.79 Å². The van der Waals surface area contributed by atoms with E-state index in [0.29, 0.717) is 0 Å². The molecule has 0 atom stereocenters. The predicted octanol–water partition coefficient (Wildman–Crippen LogP) is 2.77. The lowest BCUT2D eigenvalue weighted by atomic mass is 10.0. The third kappa shape index (κ3) is 2.15. The van der Waals surface area contributed by atoms with E-state index < -0.39 is 0 Å². The van der Waals surface area contributed by atoms with Gasteiger partial charge in [-0.1, -0.05) is 15.9 Å². The van der Waals surface area contributed by atoms with E-state index in [4.69, 9.17) is 0 Å². The van der Waals surface area contributed by atoms with Crippen molar-refractivity contribution in [2.75, 3.05) is 14.1 Å². The molecule has 0 aromatic heterocycles. The number of aryl methyl sites for hydroxylation is 2. The second kappa shape index (κ2) is 4.13. The Bertz CT molecular complexity index is 372. The number of halogens is 1. The standard InChI is InChI=1S/C11H14BrNO/c1-7-6-10(12)8(2)5-9(7)11(14)13(3)4/h5-6H,1-4H3. The molecule has 2 nitrogen and oxygen atoms in total. The minimum Gasteiger partial charge on any atom is -0.345 e. The van der Waals surface area contributed by atoms with Crippen LogP contribution in [0.15, 0.2) is 16.6 Å². The smallest absolute Gasteiger partial charge is 0.253 e. The van der Waals surface area contributed by atoms with Crippen LogP contribution in [0.5, 0.6) is 0 Å². The number of hydrogen-bond acceptors (Lipinski definition) is 1. The third-order valence-electron chi connectivity index (χ3n) is 2.14. The van der Waals surface area contributed by atoms with Gasteiger partial charge in [-0.05, 0) is 37.1 Å². The van der Waals surface area contributed by atoms with Crippen LogP contribution in [0.4, 0.5) is 0 Å². The number of benzene rings is 1. The summed E-state index contributed by atoms with van der Waals surface area (Å²) in [6.07, 6.45) is 0. The molecule has 0 spiro atoms. The summed E-state index contributed by atoms with van der Waals surface area (Å²) in [5.74, 6) is 0.0538. The van der Waals surface area contributed by atoms with Crippen LogP contribution >= 0.6 is 15.9 Å². The van der Waals surface area contributed by atoms with Crippen molar-refractivity contribution in [3.05, 3.63) is 33.3 Å². The molecule has 1 aromatic carbocycles. The molecule has 1 aromatic rings. The molecule has 0 fully saturated rings. The first-order valence-electron chi connectivity index (χ1n) is 4.42. The summed E-state index contributed by atoms with van der Waals surface area (Å²) < 4.78 is 1.05. The molecule has 0 aliphatic rings. The van der Waals surface area contributed by atoms with Crippen LogP contribution in [0.1, 0.15) is 21.5 Å². The maximum absolute atomic E-state index is 11.7. The molecule has 0 aliphatic carbocycles. The Hall–Kier alpha value is -0.830. The summed E-state index contributed by atoms with van der Waals surface area (Å²) in [5, 5.41) is 0. The number of carbonyl (C=O) groups is 1. The molecule has 0 saturated carbocycles. The zero-order chi connectivity index (χ0) is 10.9. The molecule has 0 radical (unpaired) electrons. The fourth-order valence-corrected chi connectivity index (χ4v) is 1.71. The van der Waals surface area contributed by atoms with Crippen LogP contribution in [0.3, 0.4) is 0 Å². The van der Waals surface area contributed by atoms with Crippen molar-refractivity contribution in [2.24, 2.45) is 0 Å². The van der Waals surface area contributed by atoms with Gasteiger partial charge in [-0.25, -0.2) is 0 Å². The molecule has 0 saturated heterocycles. The third-order valence-corrected chi connectivity index (χ3v) is 3.00. The summed E-state index contributed by atoms with van der Waals surface area (Å²) in [6, 6.07) is 3.90. The van der Waals surface area contributed by atoms with E-state index in [0.717, 1.165) is 21.2 Å². The lowest BCUT2D eigenvalue weighted by Crippen LogP contribution is -2.22. The van der Waals surface area contributed by atoms with E-state index in [2.05, 4.69) is 15.9 Å². The van der Waals surface area contributed by atoms with E-state index in [-0.39, 0.29) is 5.91 Å². The molecule has 76 valence electrons. The number of rotatable bonds is 1. The minimum atomic E-state index is 0.0538. The first-order valence-corrected chi connectivity index (χ1v) is 5.21. The summed E-state index contributed by atoms with van der Waals surface area (Å²) in [5.41, 5.74) is 2.86. The van der Waals surface area contributed by atoms with Gasteiger partial charge in [-0.3, -0.25) is 4.79 Å². The Morgan fingerprint density at radius 1 is 1.21 bits per heavy atom. The van der Waals surface area contributed by atoms with Gasteiger partial charge in [0.05, 0.1) is 0 Å². The van der Waals surface area contributed by atoms with Crippen LogP contribution < -0.4 is 0 Å². The second-order valence-electron chi connectivity index (χ2n) is 3.62. The highest BCUT2D eigenvalue weighted by Gasteiger charge is 2.12. The van der Waals surface area contributed by atoms with E-state index >= 15 is 0 Å². The fourth-order valence-electron chi connectivity index (χ4n) is 1.25. The fraction of sp³-hybridized carbons (Fsp3) is 0.364. The maximum Gasteiger partial charge on any atom is 0.253 e. The highest BCUT2D eigenvalue weighted by Crippen LogP contribution is 2.21. The molecule has 0 heterocycles. The molecule has 1 amide bonds. The molecular formula is C11H14BrNO. The van der Waals surface area contributed by atoms with Crippen LogP contribution in [0.25, 0.3) is 0 Å². The van der Waals surface area contributed by atoms with Gasteiger partial charge in [0.15, 0.2) is 0 Å². The largest absolute Gasteiger partial charge is 0.345 e. The lowest BCUT2D eigenvalue weighted by Gasteiger charge is -2.13. The highest BCUT2D eigenvalue weighted by atomic mass is 79.9. The molecule has 3 heteroatoms. The normalized spacial score (nSPS) is 10.1. The van der Waals surface area contributed by atoms with Gasteiger partial charge in [0, 0.05) is 24.1 Å². The second-order valence-corrected chi connectivity index (χ2v) is 4.47. The zero-order valence-electron chi connectivity index (χ0n) is 8.89. The average Bonchev–Trinajstić information content (AvgIpc) is 2.10. The van der Waals surface area contributed by atoms with E-state index in [1.165, 1.54) is 0 Å². The monoisotopic (exact) mass is 255 g/mol. The zero-order valence-corrected chi connectivity index (χ0v) is 10.5. The van der Waals surface area contributed by atoms with E-state index in [9.17, 15) is 4.79 Å². The molecule has 1 rings (SSSR count). The van der Waals surface area contributed by atoms with Crippen LogP contribution in [-0.4, -0.2) is 24.9 Å². The van der Waals surface area contributed by atoms with E-state index in [1.54, 1.807) is 19.0 Å². The summed E-state index contributed by atoms with van der Waals surface area (Å²) in [6.45, 7) is 3.93. The lowest BCUT2D eigenvalue weighted by molar-refractivity contribution is 0.0827.